The van der Waals surface area contributed by atoms with Crippen LogP contribution in [0.4, 0.5) is 0 Å². The van der Waals surface area contributed by atoms with Crippen LogP contribution in [0.25, 0.3) is 6.08 Å². The van der Waals surface area contributed by atoms with Gasteiger partial charge in [0.1, 0.15) is 0 Å². The zero-order chi connectivity index (χ0) is 13.0. The van der Waals surface area contributed by atoms with Gasteiger partial charge in [-0.15, -0.1) is 0 Å². The lowest BCUT2D eigenvalue weighted by molar-refractivity contribution is 0.0780. The van der Waals surface area contributed by atoms with Crippen LogP contribution in [0, 0.1) is 23.7 Å². The van der Waals surface area contributed by atoms with Gasteiger partial charge in [-0.1, -0.05) is 43.8 Å². The molecule has 100 valence electrons. The van der Waals surface area contributed by atoms with Gasteiger partial charge >= 0.3 is 0 Å². The number of hydrogen-bond acceptors (Lipinski definition) is 0. The minimum Gasteiger partial charge on any atom is -0.0985 e. The summed E-state index contributed by atoms with van der Waals surface area (Å²) in [5.41, 5.74) is 3.38. The quantitative estimate of drug-likeness (QED) is 0.691. The van der Waals surface area contributed by atoms with E-state index in [0.29, 0.717) is 5.41 Å². The van der Waals surface area contributed by atoms with Crippen LogP contribution in [0.3, 0.4) is 0 Å². The molecule has 0 aliphatic heterocycles. The van der Waals surface area contributed by atoms with Crippen LogP contribution in [0.15, 0.2) is 30.8 Å². The van der Waals surface area contributed by atoms with Gasteiger partial charge in [-0.05, 0) is 72.3 Å². The Bertz CT molecular complexity index is 493. The summed E-state index contributed by atoms with van der Waals surface area (Å²) >= 11 is 0. The van der Waals surface area contributed by atoms with Crippen LogP contribution in [0.1, 0.15) is 50.2 Å². The van der Waals surface area contributed by atoms with Gasteiger partial charge in [0.15, 0.2) is 0 Å². The van der Waals surface area contributed by atoms with Gasteiger partial charge in [0, 0.05) is 0 Å². The fourth-order valence-electron chi connectivity index (χ4n) is 5.56. The molecule has 4 rings (SSSR count). The van der Waals surface area contributed by atoms with E-state index in [-0.39, 0.29) is 0 Å². The summed E-state index contributed by atoms with van der Waals surface area (Å²) in [4.78, 5) is 0. The molecule has 19 heavy (non-hydrogen) atoms. The van der Waals surface area contributed by atoms with Crippen molar-refractivity contribution >= 4 is 6.08 Å². The summed E-state index contributed by atoms with van der Waals surface area (Å²) in [6, 6.07) is 9.28. The lowest BCUT2D eigenvalue weighted by Crippen LogP contribution is -2.34. The van der Waals surface area contributed by atoms with Crippen molar-refractivity contribution < 1.29 is 0 Å². The highest BCUT2D eigenvalue weighted by molar-refractivity contribution is 5.48. The van der Waals surface area contributed by atoms with E-state index < -0.39 is 0 Å². The third kappa shape index (κ3) is 1.65. The van der Waals surface area contributed by atoms with Crippen molar-refractivity contribution in [1.82, 2.24) is 0 Å². The van der Waals surface area contributed by atoms with E-state index in [1.54, 1.807) is 5.56 Å². The molecular formula is C19H24. The van der Waals surface area contributed by atoms with Crippen molar-refractivity contribution in [2.24, 2.45) is 23.7 Å². The molecule has 0 heterocycles. The normalized spacial score (nSPS) is 43.4. The molecule has 0 radical (unpaired) electrons. The fraction of sp³-hybridized carbons (Fsp3) is 0.579. The Labute approximate surface area is 116 Å². The van der Waals surface area contributed by atoms with Crippen molar-refractivity contribution in [3.8, 4) is 0 Å². The molecule has 5 atom stereocenters. The molecule has 1 aromatic carbocycles. The molecular weight excluding hydrogens is 228 g/mol. The van der Waals surface area contributed by atoms with Gasteiger partial charge in [0.25, 0.3) is 0 Å². The lowest BCUT2D eigenvalue weighted by Gasteiger charge is -2.42. The van der Waals surface area contributed by atoms with Crippen molar-refractivity contribution in [2.45, 2.75) is 44.4 Å². The van der Waals surface area contributed by atoms with E-state index in [1.807, 2.05) is 6.08 Å². The van der Waals surface area contributed by atoms with Gasteiger partial charge < -0.3 is 0 Å². The first-order valence-electron chi connectivity index (χ1n) is 7.93. The Morgan fingerprint density at radius 1 is 1.05 bits per heavy atom. The van der Waals surface area contributed by atoms with E-state index >= 15 is 0 Å². The van der Waals surface area contributed by atoms with Gasteiger partial charge in [0.05, 0.1) is 0 Å². The van der Waals surface area contributed by atoms with Gasteiger partial charge in [-0.25, -0.2) is 0 Å². The molecule has 0 aromatic heterocycles. The third-order valence-electron chi connectivity index (χ3n) is 6.30. The highest BCUT2D eigenvalue weighted by atomic mass is 14.6. The standard InChI is InChI=1S/C19H24/c1-3-14-4-6-17(7-5-14)19-10-13(2)8-15-9-16(11-19)18(15)12-19/h3-7,13,15-16,18H,1,8-12H2,2H3. The monoisotopic (exact) mass is 252 g/mol. The first-order valence-corrected chi connectivity index (χ1v) is 7.93. The molecule has 0 spiro atoms. The predicted molar refractivity (Wildman–Crippen MR) is 80.9 cm³/mol. The van der Waals surface area contributed by atoms with E-state index in [1.165, 1.54) is 37.7 Å². The predicted octanol–water partition coefficient (Wildman–Crippen LogP) is 5.04. The van der Waals surface area contributed by atoms with E-state index in [9.17, 15) is 0 Å². The Morgan fingerprint density at radius 3 is 2.58 bits per heavy atom. The Hall–Kier alpha value is -1.04. The maximum atomic E-state index is 3.86. The van der Waals surface area contributed by atoms with Crippen molar-refractivity contribution in [1.29, 1.82) is 0 Å². The maximum Gasteiger partial charge on any atom is -0.00389 e. The average Bonchev–Trinajstić information content (AvgIpc) is 2.63. The van der Waals surface area contributed by atoms with Crippen LogP contribution >= 0.6 is 0 Å². The summed E-state index contributed by atoms with van der Waals surface area (Å²) < 4.78 is 0. The first kappa shape index (κ1) is 11.8. The number of hydrogen-bond donors (Lipinski definition) is 0. The fourth-order valence-corrected chi connectivity index (χ4v) is 5.56. The summed E-state index contributed by atoms with van der Waals surface area (Å²) in [5, 5.41) is 0. The van der Waals surface area contributed by atoms with Gasteiger partial charge in [0.2, 0.25) is 0 Å². The van der Waals surface area contributed by atoms with Crippen LogP contribution in [0.2, 0.25) is 0 Å². The summed E-state index contributed by atoms with van der Waals surface area (Å²) in [5.74, 6) is 4.09. The average molecular weight is 252 g/mol. The van der Waals surface area contributed by atoms with Gasteiger partial charge in [-0.3, -0.25) is 0 Å². The summed E-state index contributed by atoms with van der Waals surface area (Å²) in [7, 11) is 0. The summed E-state index contributed by atoms with van der Waals surface area (Å²) in [6.45, 7) is 6.34. The van der Waals surface area contributed by atoms with Gasteiger partial charge in [-0.2, -0.15) is 0 Å². The van der Waals surface area contributed by atoms with E-state index in [2.05, 4.69) is 37.8 Å². The first-order chi connectivity index (χ1) is 9.20. The third-order valence-corrected chi connectivity index (χ3v) is 6.30. The molecule has 3 fully saturated rings. The van der Waals surface area contributed by atoms with E-state index in [4.69, 9.17) is 0 Å². The minimum atomic E-state index is 0.514. The highest BCUT2D eigenvalue weighted by Crippen LogP contribution is 2.64. The molecule has 0 nitrogen and oxygen atoms in total. The summed E-state index contributed by atoms with van der Waals surface area (Å²) in [6.07, 6.45) is 9.33. The molecule has 3 aliphatic rings. The van der Waals surface area contributed by atoms with Crippen LogP contribution in [-0.4, -0.2) is 0 Å². The van der Waals surface area contributed by atoms with Crippen LogP contribution in [0.5, 0.6) is 0 Å². The second-order valence-electron chi connectivity index (χ2n) is 7.48. The van der Waals surface area contributed by atoms with Crippen molar-refractivity contribution in [3.05, 3.63) is 42.0 Å². The molecule has 0 N–H and O–H groups in total. The van der Waals surface area contributed by atoms with Crippen LogP contribution < -0.4 is 0 Å². The Balaban J connectivity index is 1.72. The van der Waals surface area contributed by atoms with Crippen molar-refractivity contribution in [3.63, 3.8) is 0 Å². The number of rotatable bonds is 2. The molecule has 1 aromatic rings. The molecule has 0 amide bonds. The molecule has 3 aliphatic carbocycles. The molecule has 5 unspecified atom stereocenters. The van der Waals surface area contributed by atoms with Crippen LogP contribution in [-0.2, 0) is 5.41 Å². The van der Waals surface area contributed by atoms with Crippen molar-refractivity contribution in [2.75, 3.05) is 0 Å². The Morgan fingerprint density at radius 2 is 1.84 bits per heavy atom. The Kier molecular flexibility index (Phi) is 2.46. The minimum absolute atomic E-state index is 0.514. The zero-order valence-corrected chi connectivity index (χ0v) is 11.9. The molecule has 3 saturated carbocycles. The highest BCUT2D eigenvalue weighted by Gasteiger charge is 2.56. The molecule has 2 bridgehead atoms. The van der Waals surface area contributed by atoms with E-state index in [0.717, 1.165) is 23.7 Å². The second kappa shape index (κ2) is 3.98. The topological polar surface area (TPSA) is 0 Å². The molecule has 0 heteroatoms. The SMILES string of the molecule is C=Cc1ccc(C23CC(C)CC4CC(C2)C4C3)cc1. The molecule has 0 saturated heterocycles. The number of benzene rings is 1. The smallest absolute Gasteiger partial charge is 0.00389 e. The zero-order valence-electron chi connectivity index (χ0n) is 11.9. The second-order valence-corrected chi connectivity index (χ2v) is 7.48. The number of fused-ring (bicyclic) bond motifs is 1. The maximum absolute atomic E-state index is 3.86. The lowest BCUT2D eigenvalue weighted by atomic mass is 9.63. The largest absolute Gasteiger partial charge is 0.0985 e.